The Morgan fingerprint density at radius 2 is 1.18 bits per heavy atom. The van der Waals surface area contributed by atoms with Crippen molar-refractivity contribution in [1.29, 1.82) is 0 Å². The van der Waals surface area contributed by atoms with Gasteiger partial charge in [0.25, 0.3) is 0 Å². The van der Waals surface area contributed by atoms with Gasteiger partial charge in [-0.25, -0.2) is 0 Å². The highest BCUT2D eigenvalue weighted by Crippen LogP contribution is 2.39. The molecule has 0 radical (unpaired) electrons. The second-order valence-corrected chi connectivity index (χ2v) is 12.8. The van der Waals surface area contributed by atoms with E-state index in [4.69, 9.17) is 0 Å². The van der Waals surface area contributed by atoms with Crippen LogP contribution in [0, 0.1) is 5.41 Å². The van der Waals surface area contributed by atoms with Crippen molar-refractivity contribution in [3.63, 3.8) is 0 Å². The number of quaternary nitrogens is 1. The first-order valence-corrected chi connectivity index (χ1v) is 14.6. The third kappa shape index (κ3) is 11.6. The third-order valence-electron chi connectivity index (χ3n) is 7.62. The van der Waals surface area contributed by atoms with E-state index in [1.165, 1.54) is 96.3 Å². The van der Waals surface area contributed by atoms with Crippen molar-refractivity contribution in [3.8, 4) is 0 Å². The Morgan fingerprint density at radius 1 is 0.765 bits per heavy atom. The molecule has 0 aromatic carbocycles. The highest BCUT2D eigenvalue weighted by atomic mass is 16.4. The molecule has 1 amide bonds. The number of hydrogen-bond donors (Lipinski definition) is 1. The van der Waals surface area contributed by atoms with Crippen molar-refractivity contribution < 1.29 is 14.4 Å². The van der Waals surface area contributed by atoms with Crippen LogP contribution in [0.1, 0.15) is 151 Å². The highest BCUT2D eigenvalue weighted by molar-refractivity contribution is 5.58. The van der Waals surface area contributed by atoms with Crippen molar-refractivity contribution in [2.75, 3.05) is 13.2 Å². The lowest BCUT2D eigenvalue weighted by molar-refractivity contribution is -0.861. The van der Waals surface area contributed by atoms with Crippen molar-refractivity contribution in [2.24, 2.45) is 5.41 Å². The molecular weight excluding hydrogens is 420 g/mol. The predicted octanol–water partition coefficient (Wildman–Crippen LogP) is 9.70. The minimum Gasteiger partial charge on any atom is -0.435 e. The van der Waals surface area contributed by atoms with Crippen molar-refractivity contribution in [3.05, 3.63) is 12.4 Å². The molecule has 1 rings (SSSR count). The number of amides is 1. The summed E-state index contributed by atoms with van der Waals surface area (Å²) in [6.45, 7) is 14.6. The predicted molar refractivity (Wildman–Crippen MR) is 147 cm³/mol. The molecule has 1 heterocycles. The summed E-state index contributed by atoms with van der Waals surface area (Å²) in [5.41, 5.74) is -0.247. The van der Waals surface area contributed by atoms with E-state index in [2.05, 4.69) is 46.4 Å². The monoisotopic (exact) mass is 479 g/mol. The van der Waals surface area contributed by atoms with Crippen LogP contribution < -0.4 is 0 Å². The van der Waals surface area contributed by atoms with Gasteiger partial charge in [0.1, 0.15) is 11.7 Å². The highest BCUT2D eigenvalue weighted by Gasteiger charge is 2.53. The van der Waals surface area contributed by atoms with Crippen LogP contribution in [0.3, 0.4) is 0 Å². The molecule has 1 aliphatic rings. The van der Waals surface area contributed by atoms with Crippen molar-refractivity contribution in [2.45, 2.75) is 156 Å². The van der Waals surface area contributed by atoms with Crippen LogP contribution in [0.4, 0.5) is 4.79 Å². The van der Waals surface area contributed by atoms with E-state index in [-0.39, 0.29) is 15.4 Å². The molecule has 34 heavy (non-hydrogen) atoms. The van der Waals surface area contributed by atoms with Crippen LogP contribution in [0.25, 0.3) is 0 Å². The molecule has 0 fully saturated rings. The SMILES string of the molecule is CCCCCCCCCCCCCCCCCCN1C=C[N+](C(=O)O)(C(C)(C)CC(C)(C)C)C1. The van der Waals surface area contributed by atoms with Gasteiger partial charge in [-0.3, -0.25) is 0 Å². The molecule has 0 aliphatic carbocycles. The van der Waals surface area contributed by atoms with Gasteiger partial charge >= 0.3 is 6.09 Å². The van der Waals surface area contributed by atoms with Gasteiger partial charge in [0.15, 0.2) is 6.67 Å². The van der Waals surface area contributed by atoms with Crippen LogP contribution in [-0.4, -0.2) is 39.3 Å². The number of rotatable bonds is 19. The van der Waals surface area contributed by atoms with Crippen LogP contribution in [0.15, 0.2) is 12.4 Å². The quantitative estimate of drug-likeness (QED) is 0.148. The van der Waals surface area contributed by atoms with Crippen LogP contribution in [-0.2, 0) is 0 Å². The van der Waals surface area contributed by atoms with E-state index < -0.39 is 6.09 Å². The fourth-order valence-electron chi connectivity index (χ4n) is 5.81. The van der Waals surface area contributed by atoms with Gasteiger partial charge in [0, 0.05) is 13.0 Å². The van der Waals surface area contributed by atoms with Gasteiger partial charge in [0.05, 0.1) is 6.20 Å². The minimum absolute atomic E-state index is 0.0170. The topological polar surface area (TPSA) is 40.5 Å². The molecule has 1 N–H and O–H groups in total. The molecule has 0 bridgehead atoms. The summed E-state index contributed by atoms with van der Waals surface area (Å²) in [6.07, 6.45) is 26.1. The van der Waals surface area contributed by atoms with Crippen molar-refractivity contribution in [1.82, 2.24) is 4.90 Å². The molecule has 1 unspecified atom stereocenters. The Balaban J connectivity index is 2.09. The molecule has 200 valence electrons. The lowest BCUT2D eigenvalue weighted by atomic mass is 9.80. The van der Waals surface area contributed by atoms with E-state index in [0.717, 1.165) is 19.4 Å². The van der Waals surface area contributed by atoms with Gasteiger partial charge in [-0.1, -0.05) is 124 Å². The third-order valence-corrected chi connectivity index (χ3v) is 7.62. The fraction of sp³-hybridized carbons (Fsp3) is 0.900. The van der Waals surface area contributed by atoms with Crippen molar-refractivity contribution >= 4 is 6.09 Å². The summed E-state index contributed by atoms with van der Waals surface area (Å²) < 4.78 is 0.0170. The number of hydrogen-bond acceptors (Lipinski definition) is 2. The van der Waals surface area contributed by atoms with Crippen LogP contribution in [0.2, 0.25) is 0 Å². The maximum Gasteiger partial charge on any atom is 0.520 e. The molecule has 0 saturated carbocycles. The van der Waals surface area contributed by atoms with Gasteiger partial charge in [-0.2, -0.15) is 9.28 Å². The summed E-state index contributed by atoms with van der Waals surface area (Å²) in [6, 6.07) is 0. The van der Waals surface area contributed by atoms with E-state index in [1.54, 1.807) is 0 Å². The molecule has 1 aliphatic heterocycles. The smallest absolute Gasteiger partial charge is 0.435 e. The summed E-state index contributed by atoms with van der Waals surface area (Å²) in [5, 5.41) is 10.1. The minimum atomic E-state index is -0.736. The molecule has 1 atom stereocenters. The number of carboxylic acid groups (broad SMARTS) is 1. The van der Waals surface area contributed by atoms with Gasteiger partial charge < -0.3 is 10.0 Å². The maximum absolute atomic E-state index is 12.3. The second-order valence-electron chi connectivity index (χ2n) is 12.8. The summed E-state index contributed by atoms with van der Waals surface area (Å²) in [4.78, 5) is 14.5. The number of nitrogens with zero attached hydrogens (tertiary/aromatic N) is 2. The Labute approximate surface area is 212 Å². The summed E-state index contributed by atoms with van der Waals surface area (Å²) >= 11 is 0. The van der Waals surface area contributed by atoms with Crippen LogP contribution in [0.5, 0.6) is 0 Å². The zero-order valence-corrected chi connectivity index (χ0v) is 23.8. The first-order valence-electron chi connectivity index (χ1n) is 14.6. The fourth-order valence-corrected chi connectivity index (χ4v) is 5.81. The normalized spacial score (nSPS) is 18.7. The molecule has 0 saturated heterocycles. The first kappa shape index (κ1) is 31.0. The van der Waals surface area contributed by atoms with Gasteiger partial charge in [0.2, 0.25) is 0 Å². The molecule has 4 heteroatoms. The lowest BCUT2D eigenvalue weighted by Gasteiger charge is -2.44. The zero-order valence-electron chi connectivity index (χ0n) is 23.8. The molecular formula is C30H59N2O2+. The van der Waals surface area contributed by atoms with E-state index >= 15 is 0 Å². The molecule has 4 nitrogen and oxygen atoms in total. The lowest BCUT2D eigenvalue weighted by Crippen LogP contribution is -2.62. The van der Waals surface area contributed by atoms with E-state index in [0.29, 0.717) is 6.67 Å². The Kier molecular flexibility index (Phi) is 14.5. The van der Waals surface area contributed by atoms with Gasteiger partial charge in [-0.15, -0.1) is 0 Å². The number of unbranched alkanes of at least 4 members (excludes halogenated alkanes) is 15. The average molecular weight is 480 g/mol. The summed E-state index contributed by atoms with van der Waals surface area (Å²) in [5.74, 6) is 0. The largest absolute Gasteiger partial charge is 0.520 e. The van der Waals surface area contributed by atoms with E-state index in [1.807, 2.05) is 12.4 Å². The van der Waals surface area contributed by atoms with Crippen LogP contribution >= 0.6 is 0 Å². The zero-order chi connectivity index (χ0) is 25.5. The first-order chi connectivity index (χ1) is 16.0. The average Bonchev–Trinajstić information content (AvgIpc) is 3.18. The maximum atomic E-state index is 12.3. The Hall–Kier alpha value is -1.03. The molecule has 0 spiro atoms. The standard InChI is InChI=1S/C30H58N2O2/c1-7-8-9-10-11-12-13-14-15-16-17-18-19-20-21-22-23-31-24-25-32(27-31,28(33)34)30(5,6)26-29(2,3)4/h24-25H,7-23,26-27H2,1-6H3/p+1. The van der Waals surface area contributed by atoms with Gasteiger partial charge in [-0.05, 0) is 25.7 Å². The summed E-state index contributed by atoms with van der Waals surface area (Å²) in [7, 11) is 0. The Bertz CT molecular complexity index is 579. The molecule has 0 aromatic rings. The Morgan fingerprint density at radius 3 is 1.56 bits per heavy atom. The second kappa shape index (κ2) is 15.9. The number of carbonyl (C=O) groups is 1. The van der Waals surface area contributed by atoms with E-state index in [9.17, 15) is 9.90 Å². The molecule has 0 aromatic heterocycles.